The van der Waals surface area contributed by atoms with Gasteiger partial charge in [0.05, 0.1) is 6.61 Å². The van der Waals surface area contributed by atoms with Crippen molar-refractivity contribution in [1.29, 1.82) is 0 Å². The maximum atomic E-state index is 12.0. The van der Waals surface area contributed by atoms with Crippen LogP contribution in [0.2, 0.25) is 5.02 Å². The summed E-state index contributed by atoms with van der Waals surface area (Å²) >= 11 is 5.85. The van der Waals surface area contributed by atoms with E-state index >= 15 is 0 Å². The smallest absolute Gasteiger partial charge is 0.374 e. The molecule has 108 valence electrons. The van der Waals surface area contributed by atoms with Gasteiger partial charge in [0.1, 0.15) is 5.75 Å². The number of ether oxygens (including phenoxy) is 2. The molecule has 0 bridgehead atoms. The van der Waals surface area contributed by atoms with E-state index in [1.165, 1.54) is 0 Å². The van der Waals surface area contributed by atoms with Gasteiger partial charge in [0.2, 0.25) is 5.76 Å². The first-order valence-electron chi connectivity index (χ1n) is 6.56. The number of benzene rings is 2. The van der Waals surface area contributed by atoms with E-state index in [0.29, 0.717) is 10.8 Å². The maximum absolute atomic E-state index is 12.0. The molecule has 0 unspecified atom stereocenters. The van der Waals surface area contributed by atoms with Crippen LogP contribution in [0.3, 0.4) is 0 Å². The summed E-state index contributed by atoms with van der Waals surface area (Å²) in [6.07, 6.45) is 1.63. The highest BCUT2D eigenvalue weighted by Gasteiger charge is 2.13. The van der Waals surface area contributed by atoms with E-state index in [4.69, 9.17) is 21.1 Å². The molecule has 0 spiro atoms. The second kappa shape index (κ2) is 7.50. The molecule has 21 heavy (non-hydrogen) atoms. The highest BCUT2D eigenvalue weighted by atomic mass is 35.5. The van der Waals surface area contributed by atoms with Gasteiger partial charge in [0.25, 0.3) is 0 Å². The van der Waals surface area contributed by atoms with Gasteiger partial charge in [-0.05, 0) is 42.8 Å². The van der Waals surface area contributed by atoms with E-state index in [0.717, 1.165) is 5.56 Å². The summed E-state index contributed by atoms with van der Waals surface area (Å²) in [6.45, 7) is 2.04. The van der Waals surface area contributed by atoms with E-state index in [2.05, 4.69) is 0 Å². The Morgan fingerprint density at radius 2 is 1.76 bits per heavy atom. The summed E-state index contributed by atoms with van der Waals surface area (Å²) in [5.74, 6) is 0.201. The van der Waals surface area contributed by atoms with Gasteiger partial charge in [-0.1, -0.05) is 41.9 Å². The number of rotatable bonds is 5. The van der Waals surface area contributed by atoms with Crippen LogP contribution in [0.1, 0.15) is 12.5 Å². The molecule has 2 aromatic carbocycles. The lowest BCUT2D eigenvalue weighted by Crippen LogP contribution is -2.12. The van der Waals surface area contributed by atoms with Crippen LogP contribution in [0.25, 0.3) is 6.08 Å². The van der Waals surface area contributed by atoms with E-state index in [1.807, 2.05) is 18.2 Å². The van der Waals surface area contributed by atoms with Gasteiger partial charge in [-0.25, -0.2) is 4.79 Å². The molecule has 0 heterocycles. The van der Waals surface area contributed by atoms with Crippen LogP contribution in [-0.4, -0.2) is 12.6 Å². The van der Waals surface area contributed by atoms with Crippen LogP contribution in [0, 0.1) is 0 Å². The second-order valence-corrected chi connectivity index (χ2v) is 4.63. The molecule has 0 aliphatic heterocycles. The van der Waals surface area contributed by atoms with Crippen molar-refractivity contribution < 1.29 is 14.3 Å². The lowest BCUT2D eigenvalue weighted by Gasteiger charge is -2.09. The van der Waals surface area contributed by atoms with Crippen molar-refractivity contribution in [2.75, 3.05) is 6.61 Å². The zero-order valence-corrected chi connectivity index (χ0v) is 12.3. The largest absolute Gasteiger partial charge is 0.460 e. The van der Waals surface area contributed by atoms with Crippen LogP contribution in [0.15, 0.2) is 60.4 Å². The summed E-state index contributed by atoms with van der Waals surface area (Å²) in [5, 5.41) is 0.633. The molecule has 0 N–H and O–H groups in total. The second-order valence-electron chi connectivity index (χ2n) is 4.20. The molecule has 2 rings (SSSR count). The van der Waals surface area contributed by atoms with E-state index in [9.17, 15) is 4.79 Å². The van der Waals surface area contributed by atoms with Gasteiger partial charge in [-0.15, -0.1) is 0 Å². The molecule has 0 saturated carbocycles. The molecule has 0 saturated heterocycles. The Hall–Kier alpha value is -2.26. The lowest BCUT2D eigenvalue weighted by atomic mass is 10.2. The molecule has 0 aliphatic carbocycles. The van der Waals surface area contributed by atoms with Crippen LogP contribution in [0.4, 0.5) is 0 Å². The minimum absolute atomic E-state index is 0.130. The fraction of sp³-hybridized carbons (Fsp3) is 0.118. The Kier molecular flexibility index (Phi) is 5.41. The van der Waals surface area contributed by atoms with Crippen molar-refractivity contribution in [3.8, 4) is 5.75 Å². The van der Waals surface area contributed by atoms with Gasteiger partial charge in [-0.2, -0.15) is 0 Å². The Bertz CT molecular complexity index is 618. The van der Waals surface area contributed by atoms with Gasteiger partial charge < -0.3 is 9.47 Å². The molecule has 3 nitrogen and oxygen atoms in total. The minimum atomic E-state index is -0.503. The molecule has 4 heteroatoms. The van der Waals surface area contributed by atoms with Crippen molar-refractivity contribution in [1.82, 2.24) is 0 Å². The predicted molar refractivity (Wildman–Crippen MR) is 83.1 cm³/mol. The fourth-order valence-electron chi connectivity index (χ4n) is 1.66. The van der Waals surface area contributed by atoms with Gasteiger partial charge in [0, 0.05) is 5.02 Å². The molecule has 0 radical (unpaired) electrons. The van der Waals surface area contributed by atoms with Crippen molar-refractivity contribution in [3.63, 3.8) is 0 Å². The predicted octanol–water partition coefficient (Wildman–Crippen LogP) is 4.32. The van der Waals surface area contributed by atoms with Gasteiger partial charge >= 0.3 is 5.97 Å². The molecular weight excluding hydrogens is 288 g/mol. The maximum Gasteiger partial charge on any atom is 0.374 e. The quantitative estimate of drug-likeness (QED) is 0.469. The number of esters is 1. The number of hydrogen-bond donors (Lipinski definition) is 0. The molecule has 0 amide bonds. The average Bonchev–Trinajstić information content (AvgIpc) is 2.50. The van der Waals surface area contributed by atoms with Gasteiger partial charge in [-0.3, -0.25) is 0 Å². The summed E-state index contributed by atoms with van der Waals surface area (Å²) in [6, 6.07) is 16.2. The number of carbonyl (C=O) groups is 1. The van der Waals surface area contributed by atoms with E-state index in [1.54, 1.807) is 49.4 Å². The summed E-state index contributed by atoms with van der Waals surface area (Å²) in [5.41, 5.74) is 0.804. The average molecular weight is 303 g/mol. The van der Waals surface area contributed by atoms with Crippen LogP contribution >= 0.6 is 11.6 Å². The van der Waals surface area contributed by atoms with Crippen LogP contribution < -0.4 is 4.74 Å². The molecule has 0 aromatic heterocycles. The first-order chi connectivity index (χ1) is 10.2. The van der Waals surface area contributed by atoms with Crippen LogP contribution in [0.5, 0.6) is 5.75 Å². The molecule has 2 aromatic rings. The van der Waals surface area contributed by atoms with Crippen molar-refractivity contribution in [2.24, 2.45) is 0 Å². The Balaban J connectivity index is 2.27. The Labute approximate surface area is 128 Å². The highest BCUT2D eigenvalue weighted by Crippen LogP contribution is 2.17. The highest BCUT2D eigenvalue weighted by molar-refractivity contribution is 6.30. The molecule has 0 aliphatic rings. The molecule has 0 atom stereocenters. The van der Waals surface area contributed by atoms with Crippen molar-refractivity contribution in [3.05, 3.63) is 70.9 Å². The fourth-order valence-corrected chi connectivity index (χ4v) is 1.78. The third-order valence-corrected chi connectivity index (χ3v) is 2.87. The van der Waals surface area contributed by atoms with Crippen molar-refractivity contribution >= 4 is 23.6 Å². The van der Waals surface area contributed by atoms with Crippen LogP contribution in [-0.2, 0) is 9.53 Å². The number of hydrogen-bond acceptors (Lipinski definition) is 3. The van der Waals surface area contributed by atoms with E-state index in [-0.39, 0.29) is 12.4 Å². The summed E-state index contributed by atoms with van der Waals surface area (Å²) in [4.78, 5) is 12.0. The number of para-hydroxylation sites is 1. The number of carbonyl (C=O) groups excluding carboxylic acids is 1. The third-order valence-electron chi connectivity index (χ3n) is 2.62. The first kappa shape index (κ1) is 15.1. The monoisotopic (exact) mass is 302 g/mol. The number of halogens is 1. The lowest BCUT2D eigenvalue weighted by molar-refractivity contribution is -0.140. The summed E-state index contributed by atoms with van der Waals surface area (Å²) in [7, 11) is 0. The van der Waals surface area contributed by atoms with E-state index < -0.39 is 5.97 Å². The van der Waals surface area contributed by atoms with Gasteiger partial charge in [0.15, 0.2) is 0 Å². The SMILES string of the molecule is CCOC(=O)/C(=C/c1ccc(Cl)cc1)Oc1ccccc1. The molecule has 0 fully saturated rings. The normalized spacial score (nSPS) is 11.0. The molecular formula is C17H15ClO3. The Morgan fingerprint density at radius 1 is 1.10 bits per heavy atom. The minimum Gasteiger partial charge on any atom is -0.460 e. The summed E-state index contributed by atoms with van der Waals surface area (Å²) < 4.78 is 10.6. The topological polar surface area (TPSA) is 35.5 Å². The standard InChI is InChI=1S/C17H15ClO3/c1-2-20-17(19)16(21-15-6-4-3-5-7-15)12-13-8-10-14(18)11-9-13/h3-12H,2H2,1H3/b16-12-. The Morgan fingerprint density at radius 3 is 2.38 bits per heavy atom. The zero-order valence-electron chi connectivity index (χ0n) is 11.6. The van der Waals surface area contributed by atoms with Crippen molar-refractivity contribution in [2.45, 2.75) is 6.92 Å². The third kappa shape index (κ3) is 4.65. The zero-order chi connectivity index (χ0) is 15.1. The first-order valence-corrected chi connectivity index (χ1v) is 6.94.